The van der Waals surface area contributed by atoms with Crippen LogP contribution in [-0.2, 0) is 6.42 Å². The maximum atomic E-state index is 11.1. The topological polar surface area (TPSA) is 62.2 Å². The second-order valence-electron chi connectivity index (χ2n) is 4.71. The molecule has 20 heavy (non-hydrogen) atoms. The second kappa shape index (κ2) is 5.42. The van der Waals surface area contributed by atoms with Crippen LogP contribution in [0.25, 0.3) is 0 Å². The number of nitrogens with zero attached hydrogens (tertiary/aromatic N) is 1. The van der Waals surface area contributed by atoms with E-state index in [9.17, 15) is 4.79 Å². The van der Waals surface area contributed by atoms with E-state index in [-0.39, 0.29) is 16.6 Å². The number of fused-ring (bicyclic) bond motifs is 1. The van der Waals surface area contributed by atoms with Gasteiger partial charge in [-0.05, 0) is 42.3 Å². The van der Waals surface area contributed by atoms with Crippen molar-refractivity contribution in [2.45, 2.75) is 25.3 Å². The molecule has 104 valence electrons. The van der Waals surface area contributed by atoms with Gasteiger partial charge in [-0.2, -0.15) is 0 Å². The highest BCUT2D eigenvalue weighted by atomic mass is 35.5. The van der Waals surface area contributed by atoms with Gasteiger partial charge in [0.05, 0.1) is 16.6 Å². The van der Waals surface area contributed by atoms with E-state index in [2.05, 4.69) is 21.7 Å². The van der Waals surface area contributed by atoms with Crippen molar-refractivity contribution in [1.82, 2.24) is 4.98 Å². The van der Waals surface area contributed by atoms with Gasteiger partial charge in [0.15, 0.2) is 0 Å². The summed E-state index contributed by atoms with van der Waals surface area (Å²) in [5.74, 6) is -0.601. The third kappa shape index (κ3) is 2.39. The van der Waals surface area contributed by atoms with E-state index in [1.807, 2.05) is 0 Å². The van der Waals surface area contributed by atoms with Crippen LogP contribution in [0.3, 0.4) is 0 Å². The van der Waals surface area contributed by atoms with E-state index in [0.29, 0.717) is 5.82 Å². The number of carboxylic acids is 1. The molecule has 0 fully saturated rings. The summed E-state index contributed by atoms with van der Waals surface area (Å²) in [6.07, 6.45) is 4.69. The van der Waals surface area contributed by atoms with Gasteiger partial charge < -0.3 is 10.4 Å². The standard InChI is InChI=1S/C14H13ClN2O2S/c15-12-9(14(18)19)4-6-16-13(12)17-10-2-1-3-11-8(10)5-7-20-11/h4-7,10H,1-3H2,(H,16,17)(H,18,19). The Morgan fingerprint density at radius 1 is 1.50 bits per heavy atom. The Labute approximate surface area is 125 Å². The molecule has 6 heteroatoms. The first-order chi connectivity index (χ1) is 9.66. The van der Waals surface area contributed by atoms with Crippen LogP contribution >= 0.6 is 22.9 Å². The Morgan fingerprint density at radius 2 is 2.35 bits per heavy atom. The summed E-state index contributed by atoms with van der Waals surface area (Å²) in [4.78, 5) is 16.6. The number of rotatable bonds is 3. The molecule has 1 aliphatic carbocycles. The second-order valence-corrected chi connectivity index (χ2v) is 6.09. The molecule has 2 heterocycles. The summed E-state index contributed by atoms with van der Waals surface area (Å²) >= 11 is 7.89. The number of thiophene rings is 1. The monoisotopic (exact) mass is 308 g/mol. The summed E-state index contributed by atoms with van der Waals surface area (Å²) in [6, 6.07) is 3.68. The van der Waals surface area contributed by atoms with Crippen molar-refractivity contribution in [3.63, 3.8) is 0 Å². The molecule has 4 nitrogen and oxygen atoms in total. The minimum Gasteiger partial charge on any atom is -0.478 e. The lowest BCUT2D eigenvalue weighted by Crippen LogP contribution is -2.17. The highest BCUT2D eigenvalue weighted by Gasteiger charge is 2.23. The molecule has 1 unspecified atom stereocenters. The number of pyridine rings is 1. The van der Waals surface area contributed by atoms with E-state index in [1.165, 1.54) is 22.7 Å². The number of hydrogen-bond donors (Lipinski definition) is 2. The Balaban J connectivity index is 1.90. The highest BCUT2D eigenvalue weighted by molar-refractivity contribution is 7.10. The van der Waals surface area contributed by atoms with Crippen molar-refractivity contribution in [3.05, 3.63) is 44.7 Å². The molecule has 2 N–H and O–H groups in total. The lowest BCUT2D eigenvalue weighted by Gasteiger charge is -2.24. The maximum absolute atomic E-state index is 11.1. The molecule has 2 aromatic heterocycles. The van der Waals surface area contributed by atoms with Crippen molar-refractivity contribution in [2.24, 2.45) is 0 Å². The number of aromatic nitrogens is 1. The Kier molecular flexibility index (Phi) is 3.63. The summed E-state index contributed by atoms with van der Waals surface area (Å²) < 4.78 is 0. The summed E-state index contributed by atoms with van der Waals surface area (Å²) in [5, 5.41) is 14.6. The third-order valence-electron chi connectivity index (χ3n) is 3.48. The lowest BCUT2D eigenvalue weighted by atomic mass is 9.94. The molecule has 0 aliphatic heterocycles. The molecule has 0 bridgehead atoms. The molecule has 0 aromatic carbocycles. The molecular formula is C14H13ClN2O2S. The number of halogens is 1. The quantitative estimate of drug-likeness (QED) is 0.900. The molecule has 0 saturated heterocycles. The molecule has 0 saturated carbocycles. The lowest BCUT2D eigenvalue weighted by molar-refractivity contribution is 0.0697. The SMILES string of the molecule is O=C(O)c1ccnc(NC2CCCc3sccc32)c1Cl. The zero-order valence-corrected chi connectivity index (χ0v) is 12.2. The molecule has 0 spiro atoms. The molecule has 3 rings (SSSR count). The molecule has 0 radical (unpaired) electrons. The van der Waals surface area contributed by atoms with Gasteiger partial charge in [-0.15, -0.1) is 11.3 Å². The highest BCUT2D eigenvalue weighted by Crippen LogP contribution is 2.36. The minimum atomic E-state index is -1.04. The fraction of sp³-hybridized carbons (Fsp3) is 0.286. The zero-order valence-electron chi connectivity index (χ0n) is 10.6. The first kappa shape index (κ1) is 13.4. The number of nitrogens with one attached hydrogen (secondary N) is 1. The number of carboxylic acid groups (broad SMARTS) is 1. The molecular weight excluding hydrogens is 296 g/mol. The maximum Gasteiger partial charge on any atom is 0.337 e. The summed E-state index contributed by atoms with van der Waals surface area (Å²) in [7, 11) is 0. The Bertz CT molecular complexity index is 656. The van der Waals surface area contributed by atoms with Crippen molar-refractivity contribution < 1.29 is 9.90 Å². The van der Waals surface area contributed by atoms with Crippen LogP contribution in [0, 0.1) is 0 Å². The number of carbonyl (C=O) groups is 1. The van der Waals surface area contributed by atoms with Crippen LogP contribution in [0.15, 0.2) is 23.7 Å². The van der Waals surface area contributed by atoms with Crippen LogP contribution in [0.2, 0.25) is 5.02 Å². The average Bonchev–Trinajstić information content (AvgIpc) is 2.90. The molecule has 1 atom stereocenters. The van der Waals surface area contributed by atoms with Gasteiger partial charge in [0.1, 0.15) is 5.82 Å². The number of aryl methyl sites for hydroxylation is 1. The first-order valence-electron chi connectivity index (χ1n) is 6.37. The van der Waals surface area contributed by atoms with E-state index in [0.717, 1.165) is 19.3 Å². The van der Waals surface area contributed by atoms with Crippen LogP contribution < -0.4 is 5.32 Å². The third-order valence-corrected chi connectivity index (χ3v) is 4.86. The van der Waals surface area contributed by atoms with Crippen molar-refractivity contribution >= 4 is 34.7 Å². The van der Waals surface area contributed by atoms with Crippen molar-refractivity contribution in [3.8, 4) is 0 Å². The largest absolute Gasteiger partial charge is 0.478 e. The van der Waals surface area contributed by atoms with Gasteiger partial charge in [0, 0.05) is 11.1 Å². The number of hydrogen-bond acceptors (Lipinski definition) is 4. The van der Waals surface area contributed by atoms with E-state index in [1.54, 1.807) is 11.3 Å². The van der Waals surface area contributed by atoms with Crippen LogP contribution in [0.1, 0.15) is 39.7 Å². The summed E-state index contributed by atoms with van der Waals surface area (Å²) in [5.41, 5.74) is 1.35. The van der Waals surface area contributed by atoms with E-state index >= 15 is 0 Å². The van der Waals surface area contributed by atoms with Gasteiger partial charge in [-0.1, -0.05) is 11.6 Å². The first-order valence-corrected chi connectivity index (χ1v) is 7.63. The van der Waals surface area contributed by atoms with Gasteiger partial charge in [-0.3, -0.25) is 0 Å². The van der Waals surface area contributed by atoms with Gasteiger partial charge in [0.2, 0.25) is 0 Å². The Hall–Kier alpha value is -1.59. The summed E-state index contributed by atoms with van der Waals surface area (Å²) in [6.45, 7) is 0. The smallest absolute Gasteiger partial charge is 0.337 e. The van der Waals surface area contributed by atoms with Crippen LogP contribution in [0.4, 0.5) is 5.82 Å². The van der Waals surface area contributed by atoms with Gasteiger partial charge >= 0.3 is 5.97 Å². The molecule has 0 amide bonds. The van der Waals surface area contributed by atoms with Crippen LogP contribution in [-0.4, -0.2) is 16.1 Å². The minimum absolute atomic E-state index is 0.0746. The van der Waals surface area contributed by atoms with Gasteiger partial charge in [0.25, 0.3) is 0 Å². The van der Waals surface area contributed by atoms with E-state index < -0.39 is 5.97 Å². The number of anilines is 1. The fourth-order valence-corrected chi connectivity index (χ4v) is 3.75. The average molecular weight is 309 g/mol. The predicted octanol–water partition coefficient (Wildman–Crippen LogP) is 3.98. The molecule has 2 aromatic rings. The Morgan fingerprint density at radius 3 is 3.15 bits per heavy atom. The van der Waals surface area contributed by atoms with E-state index in [4.69, 9.17) is 16.7 Å². The predicted molar refractivity (Wildman–Crippen MR) is 79.8 cm³/mol. The van der Waals surface area contributed by atoms with Crippen molar-refractivity contribution in [2.75, 3.05) is 5.32 Å². The molecule has 1 aliphatic rings. The normalized spacial score (nSPS) is 17.6. The van der Waals surface area contributed by atoms with Crippen molar-refractivity contribution in [1.29, 1.82) is 0 Å². The number of aromatic carboxylic acids is 1. The fourth-order valence-electron chi connectivity index (χ4n) is 2.51. The zero-order chi connectivity index (χ0) is 14.1. The van der Waals surface area contributed by atoms with Crippen LogP contribution in [0.5, 0.6) is 0 Å². The van der Waals surface area contributed by atoms with Gasteiger partial charge in [-0.25, -0.2) is 9.78 Å².